The van der Waals surface area contributed by atoms with Crippen molar-refractivity contribution >= 4 is 17.5 Å². The first-order valence-electron chi connectivity index (χ1n) is 12.0. The van der Waals surface area contributed by atoms with E-state index in [1.54, 1.807) is 48.5 Å². The van der Waals surface area contributed by atoms with Crippen molar-refractivity contribution in [2.75, 3.05) is 11.5 Å². The van der Waals surface area contributed by atoms with E-state index in [0.29, 0.717) is 29.2 Å². The Balaban J connectivity index is 1.49. The number of ether oxygens (including phenoxy) is 1. The Hall–Kier alpha value is -4.00. The number of carbonyl (C=O) groups excluding carboxylic acids is 2. The Morgan fingerprint density at radius 1 is 0.914 bits per heavy atom. The van der Waals surface area contributed by atoms with E-state index in [-0.39, 0.29) is 10.8 Å². The molecular weight excluding hydrogens is 444 g/mol. The molecule has 1 heterocycles. The van der Waals surface area contributed by atoms with Gasteiger partial charge in [-0.05, 0) is 41.8 Å². The monoisotopic (exact) mass is 468 g/mol. The van der Waals surface area contributed by atoms with Crippen LogP contribution in [0.2, 0.25) is 0 Å². The molecule has 7 heteroatoms. The van der Waals surface area contributed by atoms with Crippen molar-refractivity contribution in [3.63, 3.8) is 0 Å². The zero-order chi connectivity index (χ0) is 24.3. The molecule has 7 nitrogen and oxygen atoms in total. The molecule has 2 bridgehead atoms. The van der Waals surface area contributed by atoms with Gasteiger partial charge < -0.3 is 4.74 Å². The van der Waals surface area contributed by atoms with Gasteiger partial charge in [-0.15, -0.1) is 0 Å². The van der Waals surface area contributed by atoms with Gasteiger partial charge in [-0.2, -0.15) is 0 Å². The second kappa shape index (κ2) is 7.77. The summed E-state index contributed by atoms with van der Waals surface area (Å²) in [5.74, 6) is -2.61. The highest BCUT2D eigenvalue weighted by atomic mass is 16.6. The third-order valence-electron chi connectivity index (χ3n) is 7.72. The van der Waals surface area contributed by atoms with E-state index in [1.807, 2.05) is 24.3 Å². The van der Waals surface area contributed by atoms with Gasteiger partial charge >= 0.3 is 0 Å². The quantitative estimate of drug-likeness (QED) is 0.227. The van der Waals surface area contributed by atoms with E-state index < -0.39 is 29.2 Å². The highest BCUT2D eigenvalue weighted by molar-refractivity contribution is 6.23. The van der Waals surface area contributed by atoms with Crippen molar-refractivity contribution in [1.82, 2.24) is 0 Å². The molecule has 1 aliphatic heterocycles. The van der Waals surface area contributed by atoms with Crippen LogP contribution in [0.4, 0.5) is 5.69 Å². The van der Waals surface area contributed by atoms with Crippen molar-refractivity contribution in [3.05, 3.63) is 105 Å². The highest BCUT2D eigenvalue weighted by Crippen LogP contribution is 2.64. The molecule has 0 radical (unpaired) electrons. The van der Waals surface area contributed by atoms with Crippen LogP contribution in [0.1, 0.15) is 47.9 Å². The highest BCUT2D eigenvalue weighted by Gasteiger charge is 2.74. The maximum Gasteiger partial charge on any atom is 0.285 e. The number of benzene rings is 3. The lowest BCUT2D eigenvalue weighted by atomic mass is 9.51. The third kappa shape index (κ3) is 2.72. The maximum absolute atomic E-state index is 13.9. The number of amides is 2. The number of hydrogen-bond acceptors (Lipinski definition) is 5. The van der Waals surface area contributed by atoms with Crippen LogP contribution in [0.5, 0.6) is 5.75 Å². The van der Waals surface area contributed by atoms with Crippen LogP contribution in [-0.2, 0) is 15.1 Å². The Morgan fingerprint density at radius 2 is 1.51 bits per heavy atom. The van der Waals surface area contributed by atoms with Crippen molar-refractivity contribution in [3.8, 4) is 5.75 Å². The lowest BCUT2D eigenvalue weighted by Gasteiger charge is -2.48. The minimum Gasteiger partial charge on any atom is -0.494 e. The number of rotatable bonds is 6. The zero-order valence-corrected chi connectivity index (χ0v) is 19.2. The normalized spacial score (nSPS) is 25.7. The minimum atomic E-state index is -1.81. The van der Waals surface area contributed by atoms with E-state index >= 15 is 0 Å². The zero-order valence-electron chi connectivity index (χ0n) is 19.2. The second-order valence-corrected chi connectivity index (χ2v) is 9.39. The second-order valence-electron chi connectivity index (χ2n) is 9.39. The average molecular weight is 469 g/mol. The molecule has 0 saturated carbocycles. The average Bonchev–Trinajstić information content (AvgIpc) is 3.15. The molecule has 7 rings (SSSR count). The van der Waals surface area contributed by atoms with Crippen molar-refractivity contribution in [2.45, 2.75) is 31.2 Å². The van der Waals surface area contributed by atoms with Gasteiger partial charge in [0.1, 0.15) is 11.7 Å². The third-order valence-corrected chi connectivity index (χ3v) is 7.72. The molecule has 4 aliphatic rings. The summed E-state index contributed by atoms with van der Waals surface area (Å²) in [7, 11) is 0. The fourth-order valence-corrected chi connectivity index (χ4v) is 6.32. The lowest BCUT2D eigenvalue weighted by molar-refractivity contribution is -0.578. The summed E-state index contributed by atoms with van der Waals surface area (Å²) in [5.41, 5.74) is 1.13. The first-order valence-corrected chi connectivity index (χ1v) is 12.0. The molecule has 2 atom stereocenters. The molecule has 0 N–H and O–H groups in total. The number of unbranched alkanes of at least 4 members (excludes halogenated alkanes) is 1. The Morgan fingerprint density at radius 3 is 2.09 bits per heavy atom. The molecule has 0 spiro atoms. The van der Waals surface area contributed by atoms with Crippen molar-refractivity contribution in [1.29, 1.82) is 0 Å². The van der Waals surface area contributed by atoms with Crippen molar-refractivity contribution in [2.24, 2.45) is 11.8 Å². The predicted octanol–water partition coefficient (Wildman–Crippen LogP) is 4.65. The summed E-state index contributed by atoms with van der Waals surface area (Å²) in [6.45, 7) is 2.67. The first-order chi connectivity index (χ1) is 17.0. The topological polar surface area (TPSA) is 89.8 Å². The van der Waals surface area contributed by atoms with E-state index in [9.17, 15) is 19.7 Å². The molecule has 1 fully saturated rings. The van der Waals surface area contributed by atoms with E-state index in [1.165, 1.54) is 0 Å². The van der Waals surface area contributed by atoms with Crippen LogP contribution in [0.15, 0.2) is 72.8 Å². The van der Waals surface area contributed by atoms with Gasteiger partial charge in [0.15, 0.2) is 0 Å². The van der Waals surface area contributed by atoms with Gasteiger partial charge in [-0.3, -0.25) is 19.7 Å². The fourth-order valence-electron chi connectivity index (χ4n) is 6.32. The number of imide groups is 1. The summed E-state index contributed by atoms with van der Waals surface area (Å²) in [6.07, 6.45) is 1.95. The van der Waals surface area contributed by atoms with Gasteiger partial charge in [-0.1, -0.05) is 61.9 Å². The summed E-state index contributed by atoms with van der Waals surface area (Å²) in [4.78, 5) is 41.6. The molecule has 0 unspecified atom stereocenters. The molecule has 2 amide bonds. The molecule has 176 valence electrons. The first kappa shape index (κ1) is 21.5. The predicted molar refractivity (Wildman–Crippen MR) is 129 cm³/mol. The van der Waals surface area contributed by atoms with Crippen LogP contribution in [0.25, 0.3) is 0 Å². The Kier molecular flexibility index (Phi) is 4.78. The lowest BCUT2D eigenvalue weighted by Crippen LogP contribution is -2.57. The van der Waals surface area contributed by atoms with Crippen LogP contribution in [0, 0.1) is 22.0 Å². The van der Waals surface area contributed by atoms with Crippen LogP contribution >= 0.6 is 0 Å². The summed E-state index contributed by atoms with van der Waals surface area (Å²) in [5, 5.41) is 13.0. The Bertz CT molecular complexity index is 1320. The molecule has 3 aromatic rings. The number of nitro groups is 1. The number of nitrogens with zero attached hydrogens (tertiary/aromatic N) is 2. The standard InChI is InChI=1S/C28H24N2O5/c1-2-3-16-35-18-14-12-17(13-15-18)29-26(31)24-23-19-8-4-6-10-21(19)28(30(33)34,25(24)27(29)32)22-11-7-5-9-20(22)23/h4-15,23-25H,2-3,16H2,1H3/t23?,24-,25-,28?/m1/s1. The smallest absolute Gasteiger partial charge is 0.285 e. The van der Waals surface area contributed by atoms with E-state index in [4.69, 9.17) is 4.74 Å². The van der Waals surface area contributed by atoms with Crippen molar-refractivity contribution < 1.29 is 19.2 Å². The Labute approximate surface area is 202 Å². The van der Waals surface area contributed by atoms with E-state index in [2.05, 4.69) is 6.92 Å². The number of hydrogen-bond donors (Lipinski definition) is 0. The minimum absolute atomic E-state index is 0.350. The van der Waals surface area contributed by atoms with Crippen LogP contribution in [0.3, 0.4) is 0 Å². The SMILES string of the molecule is CCCCOc1ccc(N2C(=O)[C@@H]3C4c5ccccc5C([N+](=O)[O-])(c5ccccc54)[C@H]3C2=O)cc1. The number of carbonyl (C=O) groups is 2. The maximum atomic E-state index is 13.9. The van der Waals surface area contributed by atoms with Crippen LogP contribution in [-0.4, -0.2) is 23.3 Å². The van der Waals surface area contributed by atoms with Gasteiger partial charge in [0.25, 0.3) is 5.54 Å². The fraction of sp³-hybridized carbons (Fsp3) is 0.286. The summed E-state index contributed by atoms with van der Waals surface area (Å²) in [6, 6.07) is 21.2. The molecule has 0 aromatic heterocycles. The summed E-state index contributed by atoms with van der Waals surface area (Å²) < 4.78 is 5.71. The summed E-state index contributed by atoms with van der Waals surface area (Å²) >= 11 is 0. The van der Waals surface area contributed by atoms with E-state index in [0.717, 1.165) is 28.9 Å². The number of anilines is 1. The molecule has 3 aliphatic carbocycles. The van der Waals surface area contributed by atoms with Crippen LogP contribution < -0.4 is 9.64 Å². The van der Waals surface area contributed by atoms with Gasteiger partial charge in [0, 0.05) is 22.0 Å². The molecule has 1 saturated heterocycles. The molecule has 35 heavy (non-hydrogen) atoms. The largest absolute Gasteiger partial charge is 0.494 e. The van der Waals surface area contributed by atoms with Gasteiger partial charge in [0.2, 0.25) is 11.8 Å². The van der Waals surface area contributed by atoms with Gasteiger partial charge in [-0.25, -0.2) is 4.90 Å². The van der Waals surface area contributed by atoms with Gasteiger partial charge in [0.05, 0.1) is 18.2 Å². The molecular formula is C28H24N2O5. The molecule has 3 aromatic carbocycles.